The monoisotopic (exact) mass is 353 g/mol. The summed E-state index contributed by atoms with van der Waals surface area (Å²) in [6.07, 6.45) is -0.196. The molecule has 0 fully saturated rings. The molecule has 2 aromatic carbocycles. The Morgan fingerprint density at radius 3 is 2.57 bits per heavy atom. The van der Waals surface area contributed by atoms with Gasteiger partial charge in [-0.15, -0.1) is 0 Å². The molecule has 2 rings (SSSR count). The molecule has 0 heterocycles. The lowest BCUT2D eigenvalue weighted by Crippen LogP contribution is -2.32. The highest BCUT2D eigenvalue weighted by Gasteiger charge is 2.21. The van der Waals surface area contributed by atoms with Crippen LogP contribution in [-0.2, 0) is 4.79 Å². The normalized spacial score (nSPS) is 11.7. The van der Waals surface area contributed by atoms with Gasteiger partial charge in [-0.25, -0.2) is 0 Å². The number of carbonyl (C=O) groups excluding carboxylic acids is 1. The van der Waals surface area contributed by atoms with Crippen molar-refractivity contribution in [2.75, 3.05) is 12.4 Å². The molecule has 0 spiro atoms. The molecule has 0 aliphatic carbocycles. The number of nitrogens with one attached hydrogen (secondary N) is 1. The molecule has 6 heteroatoms. The van der Waals surface area contributed by atoms with Gasteiger partial charge in [0.25, 0.3) is 5.91 Å². The van der Waals surface area contributed by atoms with Gasteiger partial charge in [0.15, 0.2) is 6.10 Å². The smallest absolute Gasteiger partial charge is 0.265 e. The zero-order chi connectivity index (χ0) is 16.8. The van der Waals surface area contributed by atoms with E-state index < -0.39 is 6.10 Å². The quantitative estimate of drug-likeness (QED) is 0.811. The number of amides is 1. The SMILES string of the molecule is CC[C@H](Oc1ccccc1Cl)C(=O)Nc1cc(Cl)ccc1OC. The third-order valence-corrected chi connectivity index (χ3v) is 3.74. The van der Waals surface area contributed by atoms with E-state index in [0.29, 0.717) is 33.7 Å². The first-order valence-electron chi connectivity index (χ1n) is 7.10. The minimum Gasteiger partial charge on any atom is -0.495 e. The number of ether oxygens (including phenoxy) is 2. The van der Waals surface area contributed by atoms with Gasteiger partial charge in [0.1, 0.15) is 11.5 Å². The second-order valence-electron chi connectivity index (χ2n) is 4.78. The Labute approximate surface area is 145 Å². The molecule has 0 saturated carbocycles. The van der Waals surface area contributed by atoms with Gasteiger partial charge >= 0.3 is 0 Å². The molecule has 0 aromatic heterocycles. The van der Waals surface area contributed by atoms with Crippen molar-refractivity contribution in [2.45, 2.75) is 19.4 Å². The van der Waals surface area contributed by atoms with E-state index in [2.05, 4.69) is 5.32 Å². The van der Waals surface area contributed by atoms with Crippen molar-refractivity contribution >= 4 is 34.8 Å². The maximum atomic E-state index is 12.5. The highest BCUT2D eigenvalue weighted by atomic mass is 35.5. The molecule has 23 heavy (non-hydrogen) atoms. The first-order chi connectivity index (χ1) is 11.0. The average molecular weight is 354 g/mol. The summed E-state index contributed by atoms with van der Waals surface area (Å²) >= 11 is 12.0. The lowest BCUT2D eigenvalue weighted by atomic mass is 10.2. The fourth-order valence-electron chi connectivity index (χ4n) is 2.01. The number of rotatable bonds is 6. The van der Waals surface area contributed by atoms with Gasteiger partial charge in [-0.3, -0.25) is 4.79 Å². The summed E-state index contributed by atoms with van der Waals surface area (Å²) in [6.45, 7) is 1.86. The van der Waals surface area contributed by atoms with Crippen LogP contribution in [0, 0.1) is 0 Å². The summed E-state index contributed by atoms with van der Waals surface area (Å²) in [6, 6.07) is 12.0. The van der Waals surface area contributed by atoms with E-state index in [1.54, 1.807) is 42.5 Å². The second kappa shape index (κ2) is 8.09. The first-order valence-corrected chi connectivity index (χ1v) is 7.86. The molecule has 0 aliphatic rings. The molecule has 1 amide bonds. The van der Waals surface area contributed by atoms with Crippen LogP contribution < -0.4 is 14.8 Å². The fraction of sp³-hybridized carbons (Fsp3) is 0.235. The molecular weight excluding hydrogens is 337 g/mol. The predicted molar refractivity (Wildman–Crippen MR) is 92.8 cm³/mol. The highest BCUT2D eigenvalue weighted by molar-refractivity contribution is 6.32. The van der Waals surface area contributed by atoms with Crippen molar-refractivity contribution in [1.29, 1.82) is 0 Å². The summed E-state index contributed by atoms with van der Waals surface area (Å²) in [5, 5.41) is 3.74. The molecule has 0 saturated heterocycles. The van der Waals surface area contributed by atoms with Gasteiger partial charge < -0.3 is 14.8 Å². The average Bonchev–Trinajstić information content (AvgIpc) is 2.54. The van der Waals surface area contributed by atoms with Crippen molar-refractivity contribution in [3.8, 4) is 11.5 Å². The number of anilines is 1. The van der Waals surface area contributed by atoms with Crippen LogP contribution in [0.25, 0.3) is 0 Å². The van der Waals surface area contributed by atoms with E-state index in [0.717, 1.165) is 0 Å². The Morgan fingerprint density at radius 1 is 1.17 bits per heavy atom. The molecule has 122 valence electrons. The van der Waals surface area contributed by atoms with Gasteiger partial charge in [0.05, 0.1) is 17.8 Å². The zero-order valence-electron chi connectivity index (χ0n) is 12.8. The minimum atomic E-state index is -0.682. The number of carbonyl (C=O) groups is 1. The van der Waals surface area contributed by atoms with Gasteiger partial charge in [0.2, 0.25) is 0 Å². The third-order valence-electron chi connectivity index (χ3n) is 3.19. The number of methoxy groups -OCH3 is 1. The van der Waals surface area contributed by atoms with Crippen LogP contribution in [0.15, 0.2) is 42.5 Å². The zero-order valence-corrected chi connectivity index (χ0v) is 14.3. The van der Waals surface area contributed by atoms with E-state index in [4.69, 9.17) is 32.7 Å². The lowest BCUT2D eigenvalue weighted by molar-refractivity contribution is -0.122. The van der Waals surface area contributed by atoms with Crippen molar-refractivity contribution in [1.82, 2.24) is 0 Å². The van der Waals surface area contributed by atoms with Crippen LogP contribution in [0.2, 0.25) is 10.0 Å². The van der Waals surface area contributed by atoms with Crippen molar-refractivity contribution in [2.24, 2.45) is 0 Å². The number of para-hydroxylation sites is 1. The topological polar surface area (TPSA) is 47.6 Å². The summed E-state index contributed by atoms with van der Waals surface area (Å²) in [7, 11) is 1.52. The molecule has 0 bridgehead atoms. The Kier molecular flexibility index (Phi) is 6.13. The van der Waals surface area contributed by atoms with E-state index in [9.17, 15) is 4.79 Å². The second-order valence-corrected chi connectivity index (χ2v) is 5.62. The summed E-state index contributed by atoms with van der Waals surface area (Å²) < 4.78 is 10.9. The van der Waals surface area contributed by atoms with Gasteiger partial charge in [-0.1, -0.05) is 42.3 Å². The molecule has 1 N–H and O–H groups in total. The maximum absolute atomic E-state index is 12.5. The molecule has 4 nitrogen and oxygen atoms in total. The molecular formula is C17H17Cl2NO3. The molecule has 0 radical (unpaired) electrons. The highest BCUT2D eigenvalue weighted by Crippen LogP contribution is 2.29. The van der Waals surface area contributed by atoms with E-state index in [-0.39, 0.29) is 5.91 Å². The van der Waals surface area contributed by atoms with Gasteiger partial charge in [-0.05, 0) is 36.8 Å². The third kappa shape index (κ3) is 4.53. The van der Waals surface area contributed by atoms with Crippen LogP contribution in [0.3, 0.4) is 0 Å². The van der Waals surface area contributed by atoms with Crippen LogP contribution in [-0.4, -0.2) is 19.1 Å². The molecule has 0 aliphatic heterocycles. The Morgan fingerprint density at radius 2 is 1.91 bits per heavy atom. The molecule has 2 aromatic rings. The number of hydrogen-bond acceptors (Lipinski definition) is 3. The standard InChI is InChI=1S/C17H17Cl2NO3/c1-3-14(23-15-7-5-4-6-12(15)19)17(21)20-13-10-11(18)8-9-16(13)22-2/h4-10,14H,3H2,1-2H3,(H,20,21)/t14-/m0/s1. The summed E-state index contributed by atoms with van der Waals surface area (Å²) in [5.74, 6) is 0.692. The van der Waals surface area contributed by atoms with Crippen molar-refractivity contribution in [3.63, 3.8) is 0 Å². The Hall–Kier alpha value is -1.91. The molecule has 1 atom stereocenters. The Bertz CT molecular complexity index is 691. The first kappa shape index (κ1) is 17.4. The van der Waals surface area contributed by atoms with Crippen molar-refractivity contribution in [3.05, 3.63) is 52.5 Å². The van der Waals surface area contributed by atoms with Crippen molar-refractivity contribution < 1.29 is 14.3 Å². The largest absolute Gasteiger partial charge is 0.495 e. The molecule has 0 unspecified atom stereocenters. The predicted octanol–water partition coefficient (Wildman–Crippen LogP) is 4.80. The number of hydrogen-bond donors (Lipinski definition) is 1. The van der Waals surface area contributed by atoms with E-state index in [1.807, 2.05) is 6.92 Å². The van der Waals surface area contributed by atoms with Gasteiger partial charge in [-0.2, -0.15) is 0 Å². The number of benzene rings is 2. The summed E-state index contributed by atoms with van der Waals surface area (Å²) in [5.41, 5.74) is 0.492. The van der Waals surface area contributed by atoms with Crippen LogP contribution >= 0.6 is 23.2 Å². The van der Waals surface area contributed by atoms with Crippen LogP contribution in [0.5, 0.6) is 11.5 Å². The fourth-order valence-corrected chi connectivity index (χ4v) is 2.36. The van der Waals surface area contributed by atoms with E-state index >= 15 is 0 Å². The van der Waals surface area contributed by atoms with Crippen LogP contribution in [0.1, 0.15) is 13.3 Å². The lowest BCUT2D eigenvalue weighted by Gasteiger charge is -2.19. The summed E-state index contributed by atoms with van der Waals surface area (Å²) in [4.78, 5) is 12.5. The van der Waals surface area contributed by atoms with E-state index in [1.165, 1.54) is 7.11 Å². The minimum absolute atomic E-state index is 0.298. The Balaban J connectivity index is 2.15. The van der Waals surface area contributed by atoms with Crippen LogP contribution in [0.4, 0.5) is 5.69 Å². The number of halogens is 2. The maximum Gasteiger partial charge on any atom is 0.265 e. The van der Waals surface area contributed by atoms with Gasteiger partial charge in [0, 0.05) is 5.02 Å².